The maximum atomic E-state index is 13.0. The summed E-state index contributed by atoms with van der Waals surface area (Å²) in [4.78, 5) is 0.491. The molecule has 0 heterocycles. The Morgan fingerprint density at radius 1 is 1.10 bits per heavy atom. The highest BCUT2D eigenvalue weighted by molar-refractivity contribution is 7.84. The van der Waals surface area contributed by atoms with Crippen molar-refractivity contribution in [3.05, 3.63) is 58.4 Å². The van der Waals surface area contributed by atoms with Crippen LogP contribution in [0.5, 0.6) is 0 Å². The van der Waals surface area contributed by atoms with E-state index in [1.54, 1.807) is 0 Å². The lowest BCUT2D eigenvalue weighted by molar-refractivity contribution is 0.627. The molecule has 2 aromatic carbocycles. The standard InChI is InChI=1S/C16H18FNOS/c1-10-6-11(2)14(12(3)7-10)9-20(19)16-5-4-13(17)8-15(16)18/h4-8H,9,18H2,1-3H3. The molecular weight excluding hydrogens is 273 g/mol. The van der Waals surface area contributed by atoms with E-state index in [0.717, 1.165) is 16.7 Å². The summed E-state index contributed by atoms with van der Waals surface area (Å²) in [5.41, 5.74) is 10.5. The van der Waals surface area contributed by atoms with Gasteiger partial charge in [0, 0.05) is 0 Å². The zero-order valence-corrected chi connectivity index (χ0v) is 12.7. The number of nitrogens with two attached hydrogens (primary N) is 1. The Bertz CT molecular complexity index is 659. The van der Waals surface area contributed by atoms with Crippen LogP contribution in [0.4, 0.5) is 10.1 Å². The first-order valence-electron chi connectivity index (χ1n) is 6.38. The maximum Gasteiger partial charge on any atom is 0.125 e. The highest BCUT2D eigenvalue weighted by Crippen LogP contribution is 2.24. The number of benzene rings is 2. The Kier molecular flexibility index (Phi) is 4.23. The predicted octanol–water partition coefficient (Wildman–Crippen LogP) is 3.64. The van der Waals surface area contributed by atoms with Crippen molar-refractivity contribution in [2.24, 2.45) is 0 Å². The number of hydrogen-bond acceptors (Lipinski definition) is 2. The maximum absolute atomic E-state index is 13.0. The average molecular weight is 291 g/mol. The van der Waals surface area contributed by atoms with Crippen LogP contribution >= 0.6 is 0 Å². The summed E-state index contributed by atoms with van der Waals surface area (Å²) in [6.45, 7) is 6.07. The van der Waals surface area contributed by atoms with Gasteiger partial charge in [-0.15, -0.1) is 0 Å². The van der Waals surface area contributed by atoms with Crippen LogP contribution in [0.2, 0.25) is 0 Å². The zero-order chi connectivity index (χ0) is 14.9. The fourth-order valence-corrected chi connectivity index (χ4v) is 3.79. The molecule has 0 aliphatic carbocycles. The van der Waals surface area contributed by atoms with Crippen LogP contribution < -0.4 is 5.73 Å². The van der Waals surface area contributed by atoms with Crippen molar-refractivity contribution in [3.8, 4) is 0 Å². The van der Waals surface area contributed by atoms with E-state index in [-0.39, 0.29) is 5.69 Å². The number of anilines is 1. The van der Waals surface area contributed by atoms with Gasteiger partial charge < -0.3 is 5.73 Å². The van der Waals surface area contributed by atoms with Crippen LogP contribution in [0.15, 0.2) is 35.2 Å². The number of nitrogen functional groups attached to an aromatic ring is 1. The lowest BCUT2D eigenvalue weighted by Crippen LogP contribution is -2.04. The van der Waals surface area contributed by atoms with E-state index in [1.165, 1.54) is 23.8 Å². The lowest BCUT2D eigenvalue weighted by Gasteiger charge is -2.12. The van der Waals surface area contributed by atoms with Gasteiger partial charge in [-0.05, 0) is 55.7 Å². The van der Waals surface area contributed by atoms with Gasteiger partial charge in [0.15, 0.2) is 0 Å². The quantitative estimate of drug-likeness (QED) is 0.877. The molecule has 106 valence electrons. The van der Waals surface area contributed by atoms with Gasteiger partial charge in [0.1, 0.15) is 5.82 Å². The monoisotopic (exact) mass is 291 g/mol. The molecule has 1 atom stereocenters. The molecule has 0 radical (unpaired) electrons. The smallest absolute Gasteiger partial charge is 0.125 e. The van der Waals surface area contributed by atoms with E-state index >= 15 is 0 Å². The van der Waals surface area contributed by atoms with E-state index in [9.17, 15) is 8.60 Å². The van der Waals surface area contributed by atoms with Crippen molar-refractivity contribution < 1.29 is 8.60 Å². The molecule has 2 nitrogen and oxygen atoms in total. The van der Waals surface area contributed by atoms with E-state index in [0.29, 0.717) is 10.6 Å². The summed E-state index contributed by atoms with van der Waals surface area (Å²) in [7, 11) is -1.27. The molecule has 0 bridgehead atoms. The summed E-state index contributed by atoms with van der Waals surface area (Å²) in [6.07, 6.45) is 0. The molecule has 0 fully saturated rings. The largest absolute Gasteiger partial charge is 0.398 e. The Morgan fingerprint density at radius 2 is 1.70 bits per heavy atom. The fourth-order valence-electron chi connectivity index (χ4n) is 2.37. The Balaban J connectivity index is 2.33. The fraction of sp³-hybridized carbons (Fsp3) is 0.250. The van der Waals surface area contributed by atoms with Crippen molar-refractivity contribution in [3.63, 3.8) is 0 Å². The number of aryl methyl sites for hydroxylation is 3. The molecule has 0 aliphatic heterocycles. The molecule has 2 rings (SSSR count). The summed E-state index contributed by atoms with van der Waals surface area (Å²) in [6, 6.07) is 8.15. The van der Waals surface area contributed by atoms with Gasteiger partial charge in [-0.1, -0.05) is 17.7 Å². The topological polar surface area (TPSA) is 43.1 Å². The van der Waals surface area contributed by atoms with Crippen LogP contribution in [0.25, 0.3) is 0 Å². The van der Waals surface area contributed by atoms with Crippen molar-refractivity contribution >= 4 is 16.5 Å². The molecule has 2 N–H and O–H groups in total. The van der Waals surface area contributed by atoms with Gasteiger partial charge in [-0.3, -0.25) is 4.21 Å². The molecular formula is C16H18FNOS. The molecule has 0 aliphatic rings. The molecule has 0 saturated heterocycles. The van der Waals surface area contributed by atoms with Crippen LogP contribution in [-0.4, -0.2) is 4.21 Å². The molecule has 0 aromatic heterocycles. The zero-order valence-electron chi connectivity index (χ0n) is 11.9. The van der Waals surface area contributed by atoms with Gasteiger partial charge in [0.2, 0.25) is 0 Å². The van der Waals surface area contributed by atoms with E-state index < -0.39 is 16.6 Å². The Morgan fingerprint density at radius 3 is 2.25 bits per heavy atom. The second kappa shape index (κ2) is 5.75. The van der Waals surface area contributed by atoms with Crippen LogP contribution in [-0.2, 0) is 16.6 Å². The molecule has 0 spiro atoms. The minimum absolute atomic E-state index is 0.241. The van der Waals surface area contributed by atoms with Crippen molar-refractivity contribution in [1.82, 2.24) is 0 Å². The summed E-state index contributed by atoms with van der Waals surface area (Å²) < 4.78 is 25.5. The third-order valence-corrected chi connectivity index (χ3v) is 4.75. The SMILES string of the molecule is Cc1cc(C)c(CS(=O)c2ccc(F)cc2N)c(C)c1. The van der Waals surface area contributed by atoms with Crippen molar-refractivity contribution in [1.29, 1.82) is 0 Å². The highest BCUT2D eigenvalue weighted by atomic mass is 32.2. The first-order valence-corrected chi connectivity index (χ1v) is 7.70. The Hall–Kier alpha value is -1.68. The molecule has 0 saturated carbocycles. The second-order valence-corrected chi connectivity index (χ2v) is 6.47. The van der Waals surface area contributed by atoms with E-state index in [1.807, 2.05) is 20.8 Å². The molecule has 20 heavy (non-hydrogen) atoms. The van der Waals surface area contributed by atoms with Crippen molar-refractivity contribution in [2.75, 3.05) is 5.73 Å². The summed E-state index contributed by atoms with van der Waals surface area (Å²) >= 11 is 0. The van der Waals surface area contributed by atoms with Crippen LogP contribution in [0.1, 0.15) is 22.3 Å². The predicted molar refractivity (Wildman–Crippen MR) is 81.6 cm³/mol. The first-order chi connectivity index (χ1) is 9.38. The van der Waals surface area contributed by atoms with Gasteiger partial charge in [0.05, 0.1) is 27.1 Å². The normalized spacial score (nSPS) is 12.4. The Labute approximate surface area is 121 Å². The van der Waals surface area contributed by atoms with Gasteiger partial charge >= 0.3 is 0 Å². The minimum atomic E-state index is -1.27. The van der Waals surface area contributed by atoms with Crippen LogP contribution in [0.3, 0.4) is 0 Å². The van der Waals surface area contributed by atoms with E-state index in [2.05, 4.69) is 12.1 Å². The van der Waals surface area contributed by atoms with Gasteiger partial charge in [-0.2, -0.15) is 0 Å². The third-order valence-electron chi connectivity index (χ3n) is 3.33. The van der Waals surface area contributed by atoms with E-state index in [4.69, 9.17) is 5.73 Å². The summed E-state index contributed by atoms with van der Waals surface area (Å²) in [5.74, 6) is -0.0146. The van der Waals surface area contributed by atoms with Gasteiger partial charge in [0.25, 0.3) is 0 Å². The number of hydrogen-bond donors (Lipinski definition) is 1. The lowest BCUT2D eigenvalue weighted by atomic mass is 10.0. The number of halogens is 1. The molecule has 2 aromatic rings. The van der Waals surface area contributed by atoms with Gasteiger partial charge in [-0.25, -0.2) is 4.39 Å². The first kappa shape index (κ1) is 14.7. The average Bonchev–Trinajstić information content (AvgIpc) is 2.33. The second-order valence-electron chi connectivity index (χ2n) is 5.05. The van der Waals surface area contributed by atoms with Crippen LogP contribution in [0, 0.1) is 26.6 Å². The highest BCUT2D eigenvalue weighted by Gasteiger charge is 2.13. The number of rotatable bonds is 3. The van der Waals surface area contributed by atoms with Crippen molar-refractivity contribution in [2.45, 2.75) is 31.4 Å². The molecule has 4 heteroatoms. The molecule has 1 unspecified atom stereocenters. The summed E-state index contributed by atoms with van der Waals surface area (Å²) in [5, 5.41) is 0. The third kappa shape index (κ3) is 3.07. The molecule has 0 amide bonds. The minimum Gasteiger partial charge on any atom is -0.398 e.